The Balaban J connectivity index is 2.42. The number of hydrogen-bond donors (Lipinski definition) is 0. The molecule has 0 saturated heterocycles. The van der Waals surface area contributed by atoms with E-state index in [1.165, 1.54) is 5.56 Å². The average Bonchev–Trinajstić information content (AvgIpc) is 2.27. The molecule has 0 spiro atoms. The highest BCUT2D eigenvalue weighted by Gasteiger charge is 2.03. The van der Waals surface area contributed by atoms with E-state index in [0.717, 1.165) is 24.1 Å². The van der Waals surface area contributed by atoms with Crippen molar-refractivity contribution in [3.8, 4) is 5.75 Å². The lowest BCUT2D eigenvalue weighted by atomic mass is 10.1. The van der Waals surface area contributed by atoms with Gasteiger partial charge in [0.05, 0.1) is 19.8 Å². The zero-order valence-electron chi connectivity index (χ0n) is 9.20. The fourth-order valence-electron chi connectivity index (χ4n) is 1.40. The summed E-state index contributed by atoms with van der Waals surface area (Å²) in [6, 6.07) is 8.11. The van der Waals surface area contributed by atoms with Crippen LogP contribution in [0.4, 0.5) is 0 Å². The van der Waals surface area contributed by atoms with E-state index >= 15 is 0 Å². The highest BCUT2D eigenvalue weighted by molar-refractivity contribution is 9.09. The molecule has 0 aliphatic rings. The Bertz CT molecular complexity index is 271. The average molecular weight is 273 g/mol. The molecule has 0 saturated carbocycles. The Labute approximate surface area is 99.7 Å². The van der Waals surface area contributed by atoms with Crippen molar-refractivity contribution in [3.05, 3.63) is 29.8 Å². The molecule has 0 heterocycles. The van der Waals surface area contributed by atoms with Crippen LogP contribution in [-0.4, -0.2) is 25.2 Å². The molecular weight excluding hydrogens is 256 g/mol. The minimum atomic E-state index is 0.260. The van der Waals surface area contributed by atoms with Crippen LogP contribution in [0.1, 0.15) is 12.5 Å². The molecule has 15 heavy (non-hydrogen) atoms. The Morgan fingerprint density at radius 2 is 1.93 bits per heavy atom. The largest absolute Gasteiger partial charge is 0.497 e. The van der Waals surface area contributed by atoms with Crippen LogP contribution in [0.3, 0.4) is 0 Å². The predicted molar refractivity (Wildman–Crippen MR) is 65.9 cm³/mol. The van der Waals surface area contributed by atoms with E-state index in [1.54, 1.807) is 7.11 Å². The van der Waals surface area contributed by atoms with Gasteiger partial charge in [-0.3, -0.25) is 0 Å². The topological polar surface area (TPSA) is 18.5 Å². The van der Waals surface area contributed by atoms with Gasteiger partial charge in [0.15, 0.2) is 0 Å². The summed E-state index contributed by atoms with van der Waals surface area (Å²) in [5.74, 6) is 0.896. The Kier molecular flexibility index (Phi) is 5.73. The van der Waals surface area contributed by atoms with Crippen LogP contribution >= 0.6 is 15.9 Å². The minimum Gasteiger partial charge on any atom is -0.497 e. The Hall–Kier alpha value is -0.540. The lowest BCUT2D eigenvalue weighted by Crippen LogP contribution is -2.12. The fraction of sp³-hybridized carbons (Fsp3) is 0.500. The molecule has 84 valence electrons. The summed E-state index contributed by atoms with van der Waals surface area (Å²) in [7, 11) is 1.68. The lowest BCUT2D eigenvalue weighted by Gasteiger charge is -2.12. The lowest BCUT2D eigenvalue weighted by molar-refractivity contribution is 0.0793. The third-order valence-corrected chi connectivity index (χ3v) is 2.49. The molecule has 3 heteroatoms. The van der Waals surface area contributed by atoms with Gasteiger partial charge in [-0.05, 0) is 31.0 Å². The van der Waals surface area contributed by atoms with Gasteiger partial charge < -0.3 is 9.47 Å². The molecule has 1 rings (SSSR count). The van der Waals surface area contributed by atoms with Gasteiger partial charge in [-0.25, -0.2) is 0 Å². The maximum Gasteiger partial charge on any atom is 0.118 e. The molecule has 0 fully saturated rings. The molecule has 0 amide bonds. The molecule has 1 aromatic rings. The normalized spacial score (nSPS) is 12.5. The molecule has 0 aliphatic heterocycles. The van der Waals surface area contributed by atoms with Crippen LogP contribution in [0.25, 0.3) is 0 Å². The summed E-state index contributed by atoms with van der Waals surface area (Å²) >= 11 is 3.34. The second-order valence-electron chi connectivity index (χ2n) is 3.42. The summed E-state index contributed by atoms with van der Waals surface area (Å²) in [6.45, 7) is 2.85. The number of methoxy groups -OCH3 is 1. The van der Waals surface area contributed by atoms with Crippen molar-refractivity contribution < 1.29 is 9.47 Å². The first-order chi connectivity index (χ1) is 7.26. The first kappa shape index (κ1) is 12.5. The van der Waals surface area contributed by atoms with E-state index in [1.807, 2.05) is 12.1 Å². The van der Waals surface area contributed by atoms with E-state index in [-0.39, 0.29) is 6.10 Å². The number of alkyl halides is 1. The number of halogens is 1. The SMILES string of the molecule is COc1ccc(CC(C)OCCBr)cc1. The molecule has 1 atom stereocenters. The second-order valence-corrected chi connectivity index (χ2v) is 4.22. The third kappa shape index (κ3) is 4.67. The van der Waals surface area contributed by atoms with Crippen molar-refractivity contribution in [3.63, 3.8) is 0 Å². The van der Waals surface area contributed by atoms with E-state index in [4.69, 9.17) is 9.47 Å². The monoisotopic (exact) mass is 272 g/mol. The van der Waals surface area contributed by atoms with Crippen LogP contribution in [0.15, 0.2) is 24.3 Å². The number of rotatable bonds is 6. The quantitative estimate of drug-likeness (QED) is 0.742. The van der Waals surface area contributed by atoms with Gasteiger partial charge >= 0.3 is 0 Å². The standard InChI is InChI=1S/C12H17BrO2/c1-10(15-8-7-13)9-11-3-5-12(14-2)6-4-11/h3-6,10H,7-9H2,1-2H3. The smallest absolute Gasteiger partial charge is 0.118 e. The molecule has 0 aromatic heterocycles. The van der Waals surface area contributed by atoms with E-state index in [2.05, 4.69) is 35.0 Å². The summed E-state index contributed by atoms with van der Waals surface area (Å²) in [5.41, 5.74) is 1.28. The van der Waals surface area contributed by atoms with Crippen LogP contribution in [0.5, 0.6) is 5.75 Å². The highest BCUT2D eigenvalue weighted by atomic mass is 79.9. The van der Waals surface area contributed by atoms with Gasteiger partial charge in [0.25, 0.3) is 0 Å². The molecule has 1 aromatic carbocycles. The second kappa shape index (κ2) is 6.85. The Morgan fingerprint density at radius 1 is 1.27 bits per heavy atom. The molecular formula is C12H17BrO2. The molecule has 2 nitrogen and oxygen atoms in total. The number of hydrogen-bond acceptors (Lipinski definition) is 2. The first-order valence-corrected chi connectivity index (χ1v) is 6.19. The van der Waals surface area contributed by atoms with Crippen molar-refractivity contribution >= 4 is 15.9 Å². The summed E-state index contributed by atoms with van der Waals surface area (Å²) < 4.78 is 10.7. The molecule has 0 aliphatic carbocycles. The zero-order chi connectivity index (χ0) is 11.1. The van der Waals surface area contributed by atoms with Crippen molar-refractivity contribution in [1.82, 2.24) is 0 Å². The maximum atomic E-state index is 5.57. The van der Waals surface area contributed by atoms with Crippen LogP contribution in [0.2, 0.25) is 0 Å². The predicted octanol–water partition coefficient (Wildman–Crippen LogP) is 3.04. The molecule has 0 N–H and O–H groups in total. The molecule has 1 unspecified atom stereocenters. The van der Waals surface area contributed by atoms with E-state index < -0.39 is 0 Å². The van der Waals surface area contributed by atoms with Crippen molar-refractivity contribution in [2.75, 3.05) is 19.0 Å². The summed E-state index contributed by atoms with van der Waals surface area (Å²) in [4.78, 5) is 0. The first-order valence-electron chi connectivity index (χ1n) is 5.06. The van der Waals surface area contributed by atoms with E-state index in [9.17, 15) is 0 Å². The van der Waals surface area contributed by atoms with Gasteiger partial charge in [0, 0.05) is 5.33 Å². The molecule has 0 bridgehead atoms. The van der Waals surface area contributed by atoms with Gasteiger partial charge in [-0.15, -0.1) is 0 Å². The number of ether oxygens (including phenoxy) is 2. The minimum absolute atomic E-state index is 0.260. The Morgan fingerprint density at radius 3 is 2.47 bits per heavy atom. The maximum absolute atomic E-state index is 5.57. The van der Waals surface area contributed by atoms with Crippen LogP contribution in [0, 0.1) is 0 Å². The van der Waals surface area contributed by atoms with Crippen LogP contribution in [-0.2, 0) is 11.2 Å². The van der Waals surface area contributed by atoms with Gasteiger partial charge in [0.2, 0.25) is 0 Å². The third-order valence-electron chi connectivity index (χ3n) is 2.16. The zero-order valence-corrected chi connectivity index (χ0v) is 10.8. The summed E-state index contributed by atoms with van der Waals surface area (Å²) in [6.07, 6.45) is 1.20. The highest BCUT2D eigenvalue weighted by Crippen LogP contribution is 2.13. The van der Waals surface area contributed by atoms with Gasteiger partial charge in [-0.1, -0.05) is 28.1 Å². The van der Waals surface area contributed by atoms with Gasteiger partial charge in [0.1, 0.15) is 5.75 Å². The fourth-order valence-corrected chi connectivity index (χ4v) is 1.59. The van der Waals surface area contributed by atoms with Crippen molar-refractivity contribution in [1.29, 1.82) is 0 Å². The van der Waals surface area contributed by atoms with Crippen molar-refractivity contribution in [2.24, 2.45) is 0 Å². The summed E-state index contributed by atoms with van der Waals surface area (Å²) in [5, 5.41) is 0.889. The van der Waals surface area contributed by atoms with E-state index in [0.29, 0.717) is 0 Å². The van der Waals surface area contributed by atoms with Crippen molar-refractivity contribution in [2.45, 2.75) is 19.4 Å². The van der Waals surface area contributed by atoms with Gasteiger partial charge in [-0.2, -0.15) is 0 Å². The van der Waals surface area contributed by atoms with Crippen LogP contribution < -0.4 is 4.74 Å². The number of benzene rings is 1. The molecule has 0 radical (unpaired) electrons.